The number of hydrogen-bond acceptors (Lipinski definition) is 2. The van der Waals surface area contributed by atoms with Crippen molar-refractivity contribution in [3.8, 4) is 11.3 Å². The van der Waals surface area contributed by atoms with Gasteiger partial charge in [-0.3, -0.25) is 9.89 Å². The summed E-state index contributed by atoms with van der Waals surface area (Å²) < 4.78 is 0. The first-order chi connectivity index (χ1) is 10.5. The molecule has 0 saturated heterocycles. The van der Waals surface area contributed by atoms with Crippen LogP contribution >= 0.6 is 11.6 Å². The van der Waals surface area contributed by atoms with E-state index in [0.29, 0.717) is 23.9 Å². The number of nitrogens with one attached hydrogen (secondary N) is 1. The van der Waals surface area contributed by atoms with Gasteiger partial charge in [0.05, 0.1) is 5.69 Å². The minimum absolute atomic E-state index is 0.221. The van der Waals surface area contributed by atoms with E-state index < -0.39 is 0 Å². The lowest BCUT2D eigenvalue weighted by molar-refractivity contribution is -0.132. The first-order valence-corrected chi connectivity index (χ1v) is 8.02. The second kappa shape index (κ2) is 6.13. The molecule has 4 nitrogen and oxygen atoms in total. The molecule has 2 heterocycles. The van der Waals surface area contributed by atoms with E-state index in [1.807, 2.05) is 29.2 Å². The molecule has 22 heavy (non-hydrogen) atoms. The summed E-state index contributed by atoms with van der Waals surface area (Å²) in [6.07, 6.45) is 1.42. The summed E-state index contributed by atoms with van der Waals surface area (Å²) in [5.41, 5.74) is 4.14. The molecular formula is C17H20ClN3O. The van der Waals surface area contributed by atoms with Crippen LogP contribution < -0.4 is 0 Å². The van der Waals surface area contributed by atoms with E-state index in [9.17, 15) is 4.79 Å². The molecule has 5 heteroatoms. The predicted molar refractivity (Wildman–Crippen MR) is 87.6 cm³/mol. The van der Waals surface area contributed by atoms with Crippen LogP contribution in [-0.2, 0) is 17.8 Å². The van der Waals surface area contributed by atoms with Crippen LogP contribution in [-0.4, -0.2) is 27.5 Å². The number of nitrogens with zero attached hydrogens (tertiary/aromatic N) is 2. The van der Waals surface area contributed by atoms with Gasteiger partial charge in [-0.25, -0.2) is 0 Å². The van der Waals surface area contributed by atoms with Crippen molar-refractivity contribution < 1.29 is 4.79 Å². The predicted octanol–water partition coefficient (Wildman–Crippen LogP) is 3.66. The van der Waals surface area contributed by atoms with Crippen molar-refractivity contribution >= 4 is 17.5 Å². The Morgan fingerprint density at radius 2 is 2.27 bits per heavy atom. The molecule has 0 fully saturated rings. The highest BCUT2D eigenvalue weighted by Crippen LogP contribution is 2.30. The van der Waals surface area contributed by atoms with Gasteiger partial charge >= 0.3 is 0 Å². The molecule has 0 aliphatic carbocycles. The molecule has 2 aromatic rings. The fourth-order valence-corrected chi connectivity index (χ4v) is 3.05. The Hall–Kier alpha value is -1.81. The van der Waals surface area contributed by atoms with Crippen LogP contribution in [0.5, 0.6) is 0 Å². The molecule has 0 radical (unpaired) electrons. The molecule has 1 aliphatic rings. The smallest absolute Gasteiger partial charge is 0.223 e. The molecule has 1 aromatic carbocycles. The standard InChI is InChI=1S/C17H20ClN3O/c1-11(2)8-16(22)21-7-6-15-14(10-21)17(20-19-15)12-4-3-5-13(18)9-12/h3-5,9,11H,6-8,10H2,1-2H3,(H,19,20). The molecule has 1 amide bonds. The Balaban J connectivity index is 1.87. The Morgan fingerprint density at radius 1 is 1.45 bits per heavy atom. The van der Waals surface area contributed by atoms with Gasteiger partial charge in [-0.2, -0.15) is 5.10 Å². The zero-order valence-electron chi connectivity index (χ0n) is 12.9. The monoisotopic (exact) mass is 317 g/mol. The molecule has 0 unspecified atom stereocenters. The summed E-state index contributed by atoms with van der Waals surface area (Å²) in [6, 6.07) is 7.68. The highest BCUT2D eigenvalue weighted by Gasteiger charge is 2.25. The minimum atomic E-state index is 0.221. The zero-order valence-corrected chi connectivity index (χ0v) is 13.7. The van der Waals surface area contributed by atoms with Crippen LogP contribution in [0.4, 0.5) is 0 Å². The third-order valence-electron chi connectivity index (χ3n) is 3.97. The number of amides is 1. The van der Waals surface area contributed by atoms with Crippen LogP contribution in [0.2, 0.25) is 5.02 Å². The topological polar surface area (TPSA) is 49.0 Å². The maximum atomic E-state index is 12.3. The van der Waals surface area contributed by atoms with Gasteiger partial charge in [0, 0.05) is 47.8 Å². The number of benzene rings is 1. The lowest BCUT2D eigenvalue weighted by Crippen LogP contribution is -2.36. The van der Waals surface area contributed by atoms with Gasteiger partial charge in [-0.1, -0.05) is 37.6 Å². The van der Waals surface area contributed by atoms with E-state index in [1.54, 1.807) is 0 Å². The summed E-state index contributed by atoms with van der Waals surface area (Å²) in [5, 5.41) is 8.25. The average molecular weight is 318 g/mol. The quantitative estimate of drug-likeness (QED) is 0.939. The number of aromatic amines is 1. The number of carbonyl (C=O) groups is 1. The summed E-state index contributed by atoms with van der Waals surface area (Å²) in [7, 11) is 0. The van der Waals surface area contributed by atoms with Gasteiger partial charge in [0.1, 0.15) is 0 Å². The number of aromatic nitrogens is 2. The molecule has 116 valence electrons. The van der Waals surface area contributed by atoms with E-state index in [1.165, 1.54) is 0 Å². The fourth-order valence-electron chi connectivity index (χ4n) is 2.86. The normalized spacial score (nSPS) is 14.3. The van der Waals surface area contributed by atoms with Crippen molar-refractivity contribution in [1.82, 2.24) is 15.1 Å². The number of rotatable bonds is 3. The number of halogens is 1. The Kier molecular flexibility index (Phi) is 4.21. The van der Waals surface area contributed by atoms with Crippen LogP contribution in [0.1, 0.15) is 31.5 Å². The third-order valence-corrected chi connectivity index (χ3v) is 4.20. The van der Waals surface area contributed by atoms with Gasteiger partial charge in [0.25, 0.3) is 0 Å². The van der Waals surface area contributed by atoms with Gasteiger partial charge < -0.3 is 4.90 Å². The maximum absolute atomic E-state index is 12.3. The Morgan fingerprint density at radius 3 is 3.00 bits per heavy atom. The highest BCUT2D eigenvalue weighted by molar-refractivity contribution is 6.30. The lowest BCUT2D eigenvalue weighted by atomic mass is 10.00. The second-order valence-corrected chi connectivity index (χ2v) is 6.64. The summed E-state index contributed by atoms with van der Waals surface area (Å²) in [4.78, 5) is 14.3. The van der Waals surface area contributed by atoms with Crippen molar-refractivity contribution in [3.63, 3.8) is 0 Å². The van der Waals surface area contributed by atoms with Crippen LogP contribution in [0.3, 0.4) is 0 Å². The largest absolute Gasteiger partial charge is 0.338 e. The van der Waals surface area contributed by atoms with Crippen molar-refractivity contribution in [1.29, 1.82) is 0 Å². The fraction of sp³-hybridized carbons (Fsp3) is 0.412. The van der Waals surface area contributed by atoms with Crippen LogP contribution in [0.25, 0.3) is 11.3 Å². The number of H-pyrrole nitrogens is 1. The molecule has 3 rings (SSSR count). The summed E-state index contributed by atoms with van der Waals surface area (Å²) >= 11 is 6.08. The Labute approximate surface area is 135 Å². The number of hydrogen-bond donors (Lipinski definition) is 1. The second-order valence-electron chi connectivity index (χ2n) is 6.20. The van der Waals surface area contributed by atoms with Gasteiger partial charge in [0.2, 0.25) is 5.91 Å². The van der Waals surface area contributed by atoms with E-state index in [2.05, 4.69) is 24.0 Å². The minimum Gasteiger partial charge on any atom is -0.338 e. The SMILES string of the molecule is CC(C)CC(=O)N1CCc2[nH]nc(-c3cccc(Cl)c3)c2C1. The molecule has 1 aliphatic heterocycles. The zero-order chi connectivity index (χ0) is 15.7. The van der Waals surface area contributed by atoms with Gasteiger partial charge in [-0.05, 0) is 18.1 Å². The van der Waals surface area contributed by atoms with E-state index in [4.69, 9.17) is 11.6 Å². The van der Waals surface area contributed by atoms with Crippen molar-refractivity contribution in [2.24, 2.45) is 5.92 Å². The van der Waals surface area contributed by atoms with Gasteiger partial charge in [-0.15, -0.1) is 0 Å². The molecule has 0 atom stereocenters. The number of carbonyl (C=O) groups excluding carboxylic acids is 1. The van der Waals surface area contributed by atoms with Crippen molar-refractivity contribution in [3.05, 3.63) is 40.5 Å². The van der Waals surface area contributed by atoms with Gasteiger partial charge in [0.15, 0.2) is 0 Å². The first-order valence-electron chi connectivity index (χ1n) is 7.64. The maximum Gasteiger partial charge on any atom is 0.223 e. The van der Waals surface area contributed by atoms with Crippen molar-refractivity contribution in [2.45, 2.75) is 33.2 Å². The lowest BCUT2D eigenvalue weighted by Gasteiger charge is -2.28. The van der Waals surface area contributed by atoms with E-state index in [0.717, 1.165) is 35.5 Å². The Bertz CT molecular complexity index is 693. The average Bonchev–Trinajstić information content (AvgIpc) is 2.89. The van der Waals surface area contributed by atoms with E-state index in [-0.39, 0.29) is 5.91 Å². The molecule has 0 saturated carbocycles. The summed E-state index contributed by atoms with van der Waals surface area (Å²) in [5.74, 6) is 0.601. The third kappa shape index (κ3) is 3.02. The summed E-state index contributed by atoms with van der Waals surface area (Å²) in [6.45, 7) is 5.53. The van der Waals surface area contributed by atoms with Crippen LogP contribution in [0.15, 0.2) is 24.3 Å². The molecule has 0 bridgehead atoms. The first kappa shape index (κ1) is 15.1. The van der Waals surface area contributed by atoms with Crippen molar-refractivity contribution in [2.75, 3.05) is 6.54 Å². The molecule has 0 spiro atoms. The van der Waals surface area contributed by atoms with E-state index >= 15 is 0 Å². The highest BCUT2D eigenvalue weighted by atomic mass is 35.5. The molecule has 1 aromatic heterocycles. The molecule has 1 N–H and O–H groups in total. The van der Waals surface area contributed by atoms with Crippen LogP contribution in [0, 0.1) is 5.92 Å². The molecular weight excluding hydrogens is 298 g/mol. The number of fused-ring (bicyclic) bond motifs is 1.